The number of aryl methyl sites for hydroxylation is 1. The van der Waals surface area contributed by atoms with Gasteiger partial charge in [0, 0.05) is 6.04 Å². The molecule has 0 heterocycles. The fourth-order valence-corrected chi connectivity index (χ4v) is 2.38. The normalized spacial score (nSPS) is 19.5. The number of fused-ring (bicyclic) bond motifs is 1. The van der Waals surface area contributed by atoms with Crippen LogP contribution in [-0.2, 0) is 12.8 Å². The molecule has 1 aliphatic rings. The molecule has 14 heavy (non-hydrogen) atoms. The Bertz CT molecular complexity index is 346. The molecule has 2 rings (SSSR count). The van der Waals surface area contributed by atoms with Gasteiger partial charge in [0.1, 0.15) is 5.75 Å². The minimum atomic E-state index is 0.218. The zero-order valence-corrected chi connectivity index (χ0v) is 8.84. The third kappa shape index (κ3) is 1.30. The Morgan fingerprint density at radius 3 is 2.93 bits per heavy atom. The molecule has 1 aliphatic carbocycles. The first kappa shape index (κ1) is 9.53. The van der Waals surface area contributed by atoms with E-state index in [1.54, 1.807) is 7.11 Å². The van der Waals surface area contributed by atoms with Crippen molar-refractivity contribution in [3.05, 3.63) is 28.8 Å². The van der Waals surface area contributed by atoms with Gasteiger partial charge in [-0.3, -0.25) is 0 Å². The molecule has 1 atom stereocenters. The predicted octanol–water partition coefficient (Wildman–Crippen LogP) is 2.20. The van der Waals surface area contributed by atoms with E-state index in [0.29, 0.717) is 0 Å². The van der Waals surface area contributed by atoms with Crippen LogP contribution in [0.25, 0.3) is 0 Å². The minimum Gasteiger partial charge on any atom is -0.496 e. The smallest absolute Gasteiger partial charge is 0.122 e. The molecule has 2 heteroatoms. The predicted molar refractivity (Wildman–Crippen MR) is 57.6 cm³/mol. The maximum Gasteiger partial charge on any atom is 0.122 e. The topological polar surface area (TPSA) is 35.2 Å². The highest BCUT2D eigenvalue weighted by atomic mass is 16.5. The van der Waals surface area contributed by atoms with Crippen LogP contribution in [0.3, 0.4) is 0 Å². The third-order valence-electron chi connectivity index (χ3n) is 3.07. The van der Waals surface area contributed by atoms with Gasteiger partial charge in [-0.25, -0.2) is 0 Å². The molecule has 1 aromatic rings. The quantitative estimate of drug-likeness (QED) is 0.777. The van der Waals surface area contributed by atoms with Crippen molar-refractivity contribution >= 4 is 0 Å². The molecule has 0 amide bonds. The van der Waals surface area contributed by atoms with Crippen LogP contribution >= 0.6 is 0 Å². The molecule has 0 fully saturated rings. The second-order valence-corrected chi connectivity index (χ2v) is 3.82. The number of hydrogen-bond acceptors (Lipinski definition) is 2. The Balaban J connectivity index is 2.57. The molecule has 0 radical (unpaired) electrons. The average molecular weight is 191 g/mol. The van der Waals surface area contributed by atoms with Gasteiger partial charge >= 0.3 is 0 Å². The lowest BCUT2D eigenvalue weighted by molar-refractivity contribution is 0.409. The van der Waals surface area contributed by atoms with E-state index in [9.17, 15) is 0 Å². The van der Waals surface area contributed by atoms with Crippen molar-refractivity contribution in [2.45, 2.75) is 32.2 Å². The average Bonchev–Trinajstić information content (AvgIpc) is 2.59. The maximum absolute atomic E-state index is 6.09. The number of methoxy groups -OCH3 is 1. The first-order valence-corrected chi connectivity index (χ1v) is 5.22. The van der Waals surface area contributed by atoms with E-state index >= 15 is 0 Å². The van der Waals surface area contributed by atoms with Crippen molar-refractivity contribution in [2.75, 3.05) is 7.11 Å². The Morgan fingerprint density at radius 2 is 2.29 bits per heavy atom. The van der Waals surface area contributed by atoms with Crippen LogP contribution in [0.2, 0.25) is 0 Å². The summed E-state index contributed by atoms with van der Waals surface area (Å²) in [5, 5.41) is 0. The molecule has 0 saturated heterocycles. The van der Waals surface area contributed by atoms with Gasteiger partial charge in [0.15, 0.2) is 0 Å². The molecular weight excluding hydrogens is 174 g/mol. The molecule has 2 nitrogen and oxygen atoms in total. The summed E-state index contributed by atoms with van der Waals surface area (Å²) in [6, 6.07) is 4.44. The van der Waals surface area contributed by atoms with E-state index in [0.717, 1.165) is 25.0 Å². The number of rotatable bonds is 2. The van der Waals surface area contributed by atoms with Crippen LogP contribution in [0.5, 0.6) is 5.75 Å². The minimum absolute atomic E-state index is 0.218. The standard InChI is InChI=1S/C12H17NO/c1-3-9-11(14-2)7-5-8-4-6-10(13)12(8)9/h5,7,10H,3-4,6,13H2,1-2H3/t10-/m1/s1. The molecule has 76 valence electrons. The molecule has 0 aliphatic heterocycles. The van der Waals surface area contributed by atoms with Crippen molar-refractivity contribution in [2.24, 2.45) is 5.73 Å². The summed E-state index contributed by atoms with van der Waals surface area (Å²) >= 11 is 0. The summed E-state index contributed by atoms with van der Waals surface area (Å²) in [6.45, 7) is 2.16. The van der Waals surface area contributed by atoms with E-state index in [1.165, 1.54) is 16.7 Å². The first-order chi connectivity index (χ1) is 6.77. The van der Waals surface area contributed by atoms with Crippen LogP contribution < -0.4 is 10.5 Å². The van der Waals surface area contributed by atoms with Crippen molar-refractivity contribution in [3.8, 4) is 5.75 Å². The zero-order valence-electron chi connectivity index (χ0n) is 8.84. The van der Waals surface area contributed by atoms with Gasteiger partial charge in [0.25, 0.3) is 0 Å². The second-order valence-electron chi connectivity index (χ2n) is 3.82. The summed E-state index contributed by atoms with van der Waals surface area (Å²) in [5.41, 5.74) is 10.1. The van der Waals surface area contributed by atoms with E-state index in [1.807, 2.05) is 0 Å². The number of nitrogens with two attached hydrogens (primary N) is 1. The van der Waals surface area contributed by atoms with Gasteiger partial charge in [-0.15, -0.1) is 0 Å². The van der Waals surface area contributed by atoms with Crippen molar-refractivity contribution < 1.29 is 4.74 Å². The highest BCUT2D eigenvalue weighted by Crippen LogP contribution is 2.36. The van der Waals surface area contributed by atoms with Gasteiger partial charge in [0.05, 0.1) is 7.11 Å². The van der Waals surface area contributed by atoms with Crippen molar-refractivity contribution in [1.82, 2.24) is 0 Å². The Morgan fingerprint density at radius 1 is 1.50 bits per heavy atom. The Kier molecular flexibility index (Phi) is 2.46. The maximum atomic E-state index is 6.09. The summed E-state index contributed by atoms with van der Waals surface area (Å²) < 4.78 is 5.35. The van der Waals surface area contributed by atoms with Crippen molar-refractivity contribution in [3.63, 3.8) is 0 Å². The van der Waals surface area contributed by atoms with Gasteiger partial charge in [-0.05, 0) is 42.0 Å². The monoisotopic (exact) mass is 191 g/mol. The van der Waals surface area contributed by atoms with E-state index < -0.39 is 0 Å². The Hall–Kier alpha value is -1.02. The van der Waals surface area contributed by atoms with Crippen LogP contribution in [0.15, 0.2) is 12.1 Å². The molecule has 0 aromatic heterocycles. The second kappa shape index (κ2) is 3.62. The number of hydrogen-bond donors (Lipinski definition) is 1. The molecule has 0 saturated carbocycles. The molecule has 2 N–H and O–H groups in total. The summed E-state index contributed by atoms with van der Waals surface area (Å²) in [4.78, 5) is 0. The third-order valence-corrected chi connectivity index (χ3v) is 3.07. The molecule has 1 aromatic carbocycles. The van der Waals surface area contributed by atoms with Crippen LogP contribution in [0.1, 0.15) is 36.1 Å². The van der Waals surface area contributed by atoms with Crippen LogP contribution in [0, 0.1) is 0 Å². The summed E-state index contributed by atoms with van der Waals surface area (Å²) in [5.74, 6) is 0.989. The van der Waals surface area contributed by atoms with E-state index in [2.05, 4.69) is 19.1 Å². The lowest BCUT2D eigenvalue weighted by Crippen LogP contribution is -2.09. The number of benzene rings is 1. The summed E-state index contributed by atoms with van der Waals surface area (Å²) in [7, 11) is 1.72. The Labute approximate surface area is 85.1 Å². The lowest BCUT2D eigenvalue weighted by Gasteiger charge is -2.14. The van der Waals surface area contributed by atoms with Crippen LogP contribution in [-0.4, -0.2) is 7.11 Å². The summed E-state index contributed by atoms with van der Waals surface area (Å²) in [6.07, 6.45) is 3.20. The molecule has 0 bridgehead atoms. The van der Waals surface area contributed by atoms with E-state index in [-0.39, 0.29) is 6.04 Å². The van der Waals surface area contributed by atoms with Gasteiger partial charge < -0.3 is 10.5 Å². The SMILES string of the molecule is CCc1c(OC)ccc2c1[C@H](N)CC2. The van der Waals surface area contributed by atoms with E-state index in [4.69, 9.17) is 10.5 Å². The molecule has 0 spiro atoms. The number of ether oxygens (including phenoxy) is 1. The highest BCUT2D eigenvalue weighted by molar-refractivity contribution is 5.49. The largest absolute Gasteiger partial charge is 0.496 e. The molecular formula is C12H17NO. The van der Waals surface area contributed by atoms with Gasteiger partial charge in [-0.2, -0.15) is 0 Å². The van der Waals surface area contributed by atoms with Crippen molar-refractivity contribution in [1.29, 1.82) is 0 Å². The van der Waals surface area contributed by atoms with Gasteiger partial charge in [-0.1, -0.05) is 13.0 Å². The zero-order chi connectivity index (χ0) is 10.1. The van der Waals surface area contributed by atoms with Gasteiger partial charge in [0.2, 0.25) is 0 Å². The van der Waals surface area contributed by atoms with Crippen LogP contribution in [0.4, 0.5) is 0 Å². The fraction of sp³-hybridized carbons (Fsp3) is 0.500. The highest BCUT2D eigenvalue weighted by Gasteiger charge is 2.23. The lowest BCUT2D eigenvalue weighted by atomic mass is 9.98. The first-order valence-electron chi connectivity index (χ1n) is 5.22. The molecule has 0 unspecified atom stereocenters. The fourth-order valence-electron chi connectivity index (χ4n) is 2.38.